The van der Waals surface area contributed by atoms with Crippen molar-refractivity contribution in [3.8, 4) is 0 Å². The number of carbonyl (C=O) groups excluding carboxylic acids is 1. The molecular weight excluding hydrogens is 291 g/mol. The zero-order valence-corrected chi connectivity index (χ0v) is 11.1. The highest BCUT2D eigenvalue weighted by Crippen LogP contribution is 2.55. The van der Waals surface area contributed by atoms with Gasteiger partial charge in [0.25, 0.3) is 0 Å². The van der Waals surface area contributed by atoms with Gasteiger partial charge in [-0.05, 0) is 25.2 Å². The maximum absolute atomic E-state index is 11.4. The van der Waals surface area contributed by atoms with Crippen LogP contribution in [0.4, 0.5) is 0 Å². The molecule has 0 N–H and O–H groups in total. The van der Waals surface area contributed by atoms with E-state index in [1.165, 1.54) is 0 Å². The third-order valence-corrected chi connectivity index (χ3v) is 6.28. The average Bonchev–Trinajstić information content (AvgIpc) is 2.37. The number of alkyl halides is 1. The van der Waals surface area contributed by atoms with Crippen LogP contribution in [0.25, 0.3) is 0 Å². The highest BCUT2D eigenvalue weighted by atomic mass is 127. The van der Waals surface area contributed by atoms with E-state index in [2.05, 4.69) is 43.4 Å². The lowest BCUT2D eigenvalue weighted by atomic mass is 9.62. The summed E-state index contributed by atoms with van der Waals surface area (Å²) in [6, 6.07) is 0. The largest absolute Gasteiger partial charge is 0.459 e. The second kappa shape index (κ2) is 3.09. The number of fused-ring (bicyclic) bond motifs is 1. The molecule has 1 aliphatic carbocycles. The predicted molar refractivity (Wildman–Crippen MR) is 63.4 cm³/mol. The Labute approximate surface area is 98.9 Å². The van der Waals surface area contributed by atoms with E-state index in [4.69, 9.17) is 4.74 Å². The maximum atomic E-state index is 11.4. The van der Waals surface area contributed by atoms with Crippen LogP contribution in [0.2, 0.25) is 0 Å². The molecule has 0 aromatic carbocycles. The molecule has 0 amide bonds. The van der Waals surface area contributed by atoms with Gasteiger partial charge < -0.3 is 4.74 Å². The van der Waals surface area contributed by atoms with E-state index < -0.39 is 0 Å². The summed E-state index contributed by atoms with van der Waals surface area (Å²) in [7, 11) is 0. The fourth-order valence-corrected chi connectivity index (χ4v) is 3.78. The van der Waals surface area contributed by atoms with Crippen LogP contribution < -0.4 is 0 Å². The molecule has 2 aliphatic rings. The van der Waals surface area contributed by atoms with Gasteiger partial charge in [-0.1, -0.05) is 36.4 Å². The van der Waals surface area contributed by atoms with Crippen LogP contribution in [0.5, 0.6) is 0 Å². The minimum atomic E-state index is -0.178. The van der Waals surface area contributed by atoms with Crippen molar-refractivity contribution in [1.82, 2.24) is 0 Å². The molecule has 1 saturated carbocycles. The minimum Gasteiger partial charge on any atom is -0.459 e. The lowest BCUT2D eigenvalue weighted by Crippen LogP contribution is -2.49. The van der Waals surface area contributed by atoms with Gasteiger partial charge >= 0.3 is 5.97 Å². The Morgan fingerprint density at radius 2 is 2.07 bits per heavy atom. The van der Waals surface area contributed by atoms with E-state index in [1.807, 2.05) is 0 Å². The Balaban J connectivity index is 2.33. The van der Waals surface area contributed by atoms with Crippen LogP contribution in [0, 0.1) is 11.3 Å². The van der Waals surface area contributed by atoms with E-state index in [9.17, 15) is 4.79 Å². The summed E-state index contributed by atoms with van der Waals surface area (Å²) in [5.74, 6) is 0.397. The third kappa shape index (κ3) is 1.39. The van der Waals surface area contributed by atoms with Gasteiger partial charge in [-0.25, -0.2) is 0 Å². The molecule has 80 valence electrons. The fraction of sp³-hybridized carbons (Fsp3) is 0.909. The lowest BCUT2D eigenvalue weighted by Gasteiger charge is -2.48. The van der Waals surface area contributed by atoms with Gasteiger partial charge in [0.2, 0.25) is 0 Å². The van der Waals surface area contributed by atoms with Crippen molar-refractivity contribution in [1.29, 1.82) is 0 Å². The lowest BCUT2D eigenvalue weighted by molar-refractivity contribution is -0.151. The molecule has 2 nitrogen and oxygen atoms in total. The van der Waals surface area contributed by atoms with Gasteiger partial charge in [0.1, 0.15) is 5.60 Å². The minimum absolute atomic E-state index is 0.00363. The summed E-state index contributed by atoms with van der Waals surface area (Å²) in [6.07, 6.45) is 2.80. The zero-order chi connectivity index (χ0) is 10.6. The quantitative estimate of drug-likeness (QED) is 0.391. The monoisotopic (exact) mass is 308 g/mol. The highest BCUT2D eigenvalue weighted by Gasteiger charge is 2.57. The van der Waals surface area contributed by atoms with Crippen molar-refractivity contribution in [2.45, 2.75) is 49.6 Å². The van der Waals surface area contributed by atoms with E-state index >= 15 is 0 Å². The van der Waals surface area contributed by atoms with E-state index in [0.29, 0.717) is 16.3 Å². The predicted octanol–water partition coefficient (Wildman–Crippen LogP) is 2.93. The Kier molecular flexibility index (Phi) is 2.37. The average molecular weight is 308 g/mol. The first-order valence-electron chi connectivity index (χ1n) is 5.22. The molecule has 3 heteroatoms. The smallest absolute Gasteiger partial charge is 0.306 e. The van der Waals surface area contributed by atoms with Crippen molar-refractivity contribution < 1.29 is 9.53 Å². The first kappa shape index (κ1) is 10.7. The second-order valence-corrected chi connectivity index (χ2v) is 6.87. The van der Waals surface area contributed by atoms with Crippen LogP contribution in [0.3, 0.4) is 0 Å². The number of hydrogen-bond donors (Lipinski definition) is 0. The Hall–Kier alpha value is 0.200. The maximum Gasteiger partial charge on any atom is 0.306 e. The summed E-state index contributed by atoms with van der Waals surface area (Å²) in [5.41, 5.74) is 0.0436. The Bertz CT molecular complexity index is 274. The fourth-order valence-electron chi connectivity index (χ4n) is 3.03. The molecule has 3 atom stereocenters. The molecule has 0 bridgehead atoms. The Morgan fingerprint density at radius 1 is 1.43 bits per heavy atom. The van der Waals surface area contributed by atoms with Gasteiger partial charge in [0.05, 0.1) is 6.42 Å². The number of halogens is 1. The molecule has 1 unspecified atom stereocenters. The summed E-state index contributed by atoms with van der Waals surface area (Å²) in [5, 5.41) is 0. The van der Waals surface area contributed by atoms with Crippen molar-refractivity contribution in [2.75, 3.05) is 0 Å². The number of ether oxygens (including phenoxy) is 1. The molecule has 0 aromatic heterocycles. The first-order valence-corrected chi connectivity index (χ1v) is 6.47. The van der Waals surface area contributed by atoms with Crippen LogP contribution in [0.15, 0.2) is 0 Å². The van der Waals surface area contributed by atoms with Gasteiger partial charge in [-0.2, -0.15) is 0 Å². The van der Waals surface area contributed by atoms with E-state index in [0.717, 1.165) is 12.8 Å². The summed E-state index contributed by atoms with van der Waals surface area (Å²) in [4.78, 5) is 11.4. The molecule has 0 radical (unpaired) electrons. The SMILES string of the molecule is CC1(C)C2CC(=O)O[C@@]2(C)CC[C@@H]1I. The first-order chi connectivity index (χ1) is 6.36. The molecular formula is C11H17IO2. The van der Waals surface area contributed by atoms with Gasteiger partial charge in [0.15, 0.2) is 0 Å². The van der Waals surface area contributed by atoms with Gasteiger partial charge in [0, 0.05) is 9.84 Å². The van der Waals surface area contributed by atoms with Crippen LogP contribution in [0.1, 0.15) is 40.0 Å². The topological polar surface area (TPSA) is 26.3 Å². The summed E-state index contributed by atoms with van der Waals surface area (Å²) in [6.45, 7) is 6.65. The normalized spacial score (nSPS) is 45.9. The molecule has 2 rings (SSSR count). The van der Waals surface area contributed by atoms with Crippen LogP contribution >= 0.6 is 22.6 Å². The zero-order valence-electron chi connectivity index (χ0n) is 8.97. The van der Waals surface area contributed by atoms with Gasteiger partial charge in [-0.3, -0.25) is 4.79 Å². The number of carbonyl (C=O) groups is 1. The van der Waals surface area contributed by atoms with Crippen molar-refractivity contribution in [2.24, 2.45) is 11.3 Å². The van der Waals surface area contributed by atoms with Crippen LogP contribution in [-0.2, 0) is 9.53 Å². The van der Waals surface area contributed by atoms with Gasteiger partial charge in [-0.15, -0.1) is 0 Å². The van der Waals surface area contributed by atoms with Crippen molar-refractivity contribution in [3.63, 3.8) is 0 Å². The molecule has 2 fully saturated rings. The summed E-state index contributed by atoms with van der Waals surface area (Å²) >= 11 is 2.52. The molecule has 14 heavy (non-hydrogen) atoms. The number of esters is 1. The van der Waals surface area contributed by atoms with Crippen molar-refractivity contribution >= 4 is 28.6 Å². The van der Waals surface area contributed by atoms with E-state index in [-0.39, 0.29) is 17.0 Å². The molecule has 1 heterocycles. The van der Waals surface area contributed by atoms with Crippen LogP contribution in [-0.4, -0.2) is 15.5 Å². The molecule has 0 aromatic rings. The highest BCUT2D eigenvalue weighted by molar-refractivity contribution is 14.1. The van der Waals surface area contributed by atoms with E-state index in [1.54, 1.807) is 0 Å². The number of hydrogen-bond acceptors (Lipinski definition) is 2. The third-order valence-electron chi connectivity index (χ3n) is 4.05. The standard InChI is InChI=1S/C11H17IO2/c1-10(2)7-6-9(13)14-11(7,3)5-4-8(10)12/h7-8H,4-6H2,1-3H3/t7?,8-,11-/m0/s1. The number of rotatable bonds is 0. The summed E-state index contributed by atoms with van der Waals surface area (Å²) < 4.78 is 6.15. The Morgan fingerprint density at radius 3 is 2.71 bits per heavy atom. The van der Waals surface area contributed by atoms with Crippen molar-refractivity contribution in [3.05, 3.63) is 0 Å². The molecule has 0 spiro atoms. The molecule has 1 aliphatic heterocycles. The molecule has 1 saturated heterocycles. The second-order valence-electron chi connectivity index (χ2n) is 5.37.